The Balaban J connectivity index is 1.33. The van der Waals surface area contributed by atoms with Gasteiger partial charge in [-0.3, -0.25) is 4.79 Å². The molecule has 0 aliphatic carbocycles. The van der Waals surface area contributed by atoms with Gasteiger partial charge in [-0.2, -0.15) is 20.5 Å². The van der Waals surface area contributed by atoms with Gasteiger partial charge in [0.2, 0.25) is 5.91 Å². The molecular formula is C34H38N8O2. The van der Waals surface area contributed by atoms with E-state index in [0.29, 0.717) is 44.8 Å². The molecule has 0 spiro atoms. The van der Waals surface area contributed by atoms with E-state index in [1.54, 1.807) is 4.90 Å². The van der Waals surface area contributed by atoms with Crippen LogP contribution in [0.25, 0.3) is 10.8 Å². The number of carbonyl (C=O) groups excluding carboxylic acids is 1. The van der Waals surface area contributed by atoms with Crippen LogP contribution < -0.4 is 14.5 Å². The SMILES string of the molecule is Cc1cccc2cccc(N3CCc4c(nc(OC[C@@H]5CCCN5C)nc4N4CCN(C(=O)/C=C\C#N)[C@@H](CC#N)C4)C3)c12. The summed E-state index contributed by atoms with van der Waals surface area (Å²) in [6.45, 7) is 6.69. The maximum atomic E-state index is 12.8. The first-order valence-corrected chi connectivity index (χ1v) is 15.4. The number of hydrogen-bond donors (Lipinski definition) is 0. The van der Waals surface area contributed by atoms with E-state index in [-0.39, 0.29) is 18.4 Å². The van der Waals surface area contributed by atoms with Gasteiger partial charge in [0.05, 0.1) is 36.8 Å². The molecule has 1 amide bonds. The number of nitrogens with zero attached hydrogens (tertiary/aromatic N) is 8. The molecule has 2 atom stereocenters. The van der Waals surface area contributed by atoms with Crippen molar-refractivity contribution in [3.63, 3.8) is 0 Å². The lowest BCUT2D eigenvalue weighted by Gasteiger charge is -2.42. The molecule has 1 aromatic heterocycles. The van der Waals surface area contributed by atoms with Crippen LogP contribution in [0.5, 0.6) is 6.01 Å². The maximum Gasteiger partial charge on any atom is 0.318 e. The summed E-state index contributed by atoms with van der Waals surface area (Å²) in [5.74, 6) is 0.586. The molecule has 6 rings (SSSR count). The van der Waals surface area contributed by atoms with Gasteiger partial charge in [0.15, 0.2) is 0 Å². The summed E-state index contributed by atoms with van der Waals surface area (Å²) in [6.07, 6.45) is 5.68. The highest BCUT2D eigenvalue weighted by Gasteiger charge is 2.34. The topological polar surface area (TPSA) is 113 Å². The first kappa shape index (κ1) is 29.4. The largest absolute Gasteiger partial charge is 0.462 e. The molecule has 10 nitrogen and oxygen atoms in total. The van der Waals surface area contributed by atoms with Gasteiger partial charge < -0.3 is 24.3 Å². The first-order valence-electron chi connectivity index (χ1n) is 15.4. The maximum absolute atomic E-state index is 12.8. The minimum atomic E-state index is -0.314. The number of aryl methyl sites for hydroxylation is 1. The van der Waals surface area contributed by atoms with E-state index >= 15 is 0 Å². The van der Waals surface area contributed by atoms with Crippen LogP contribution in [0, 0.1) is 29.6 Å². The molecule has 0 radical (unpaired) electrons. The molecular weight excluding hydrogens is 552 g/mol. The Bertz CT molecular complexity index is 1650. The van der Waals surface area contributed by atoms with E-state index < -0.39 is 0 Å². The number of allylic oxidation sites excluding steroid dienone is 1. The van der Waals surface area contributed by atoms with Crippen LogP contribution in [0.3, 0.4) is 0 Å². The number of piperazine rings is 1. The predicted molar refractivity (Wildman–Crippen MR) is 169 cm³/mol. The van der Waals surface area contributed by atoms with Crippen molar-refractivity contribution in [2.24, 2.45) is 0 Å². The van der Waals surface area contributed by atoms with Crippen molar-refractivity contribution in [2.75, 3.05) is 56.2 Å². The van der Waals surface area contributed by atoms with E-state index in [1.165, 1.54) is 34.2 Å². The number of nitriles is 2. The quantitative estimate of drug-likeness (QED) is 0.298. The molecule has 0 bridgehead atoms. The Hall–Kier alpha value is -4.67. The van der Waals surface area contributed by atoms with Gasteiger partial charge in [-0.05, 0) is 56.8 Å². The van der Waals surface area contributed by atoms with Crippen LogP contribution in [0.15, 0.2) is 48.6 Å². The highest BCUT2D eigenvalue weighted by atomic mass is 16.5. The number of likely N-dealkylation sites (N-methyl/N-ethyl adjacent to an activating group) is 1. The zero-order chi connectivity index (χ0) is 30.6. The van der Waals surface area contributed by atoms with Crippen molar-refractivity contribution in [3.05, 3.63) is 65.4 Å². The molecule has 3 aromatic rings. The van der Waals surface area contributed by atoms with E-state index in [9.17, 15) is 10.1 Å². The summed E-state index contributed by atoms with van der Waals surface area (Å²) in [7, 11) is 2.13. The number of likely N-dealkylation sites (tertiary alicyclic amines) is 1. The van der Waals surface area contributed by atoms with Crippen molar-refractivity contribution < 1.29 is 9.53 Å². The van der Waals surface area contributed by atoms with E-state index in [2.05, 4.69) is 71.1 Å². The second-order valence-electron chi connectivity index (χ2n) is 11.9. The average molecular weight is 591 g/mol. The average Bonchev–Trinajstić information content (AvgIpc) is 3.46. The fraction of sp³-hybridized carbons (Fsp3) is 0.441. The Morgan fingerprint density at radius 1 is 1.07 bits per heavy atom. The highest BCUT2D eigenvalue weighted by Crippen LogP contribution is 2.36. The Labute approximate surface area is 258 Å². The van der Waals surface area contributed by atoms with Gasteiger partial charge in [0, 0.05) is 61.0 Å². The third kappa shape index (κ3) is 5.91. The number of fused-ring (bicyclic) bond motifs is 2. The molecule has 226 valence electrons. The van der Waals surface area contributed by atoms with Crippen LogP contribution in [0.4, 0.5) is 11.5 Å². The van der Waals surface area contributed by atoms with Gasteiger partial charge >= 0.3 is 6.01 Å². The number of carbonyl (C=O) groups is 1. The zero-order valence-electron chi connectivity index (χ0n) is 25.4. The molecule has 3 aliphatic rings. The van der Waals surface area contributed by atoms with Crippen molar-refractivity contribution in [1.29, 1.82) is 10.5 Å². The van der Waals surface area contributed by atoms with Crippen LogP contribution in [-0.4, -0.2) is 84.1 Å². The number of ether oxygens (including phenoxy) is 1. The monoisotopic (exact) mass is 590 g/mol. The molecule has 44 heavy (non-hydrogen) atoms. The van der Waals surface area contributed by atoms with Crippen molar-refractivity contribution in [3.8, 4) is 18.1 Å². The normalized spacial score (nSPS) is 20.5. The molecule has 0 saturated carbocycles. The lowest BCUT2D eigenvalue weighted by molar-refractivity contribution is -0.128. The Kier molecular flexibility index (Phi) is 8.63. The van der Waals surface area contributed by atoms with Crippen molar-refractivity contribution >= 4 is 28.2 Å². The van der Waals surface area contributed by atoms with Gasteiger partial charge in [0.1, 0.15) is 12.4 Å². The fourth-order valence-electron chi connectivity index (χ4n) is 6.87. The second kappa shape index (κ2) is 12.9. The zero-order valence-corrected chi connectivity index (χ0v) is 25.4. The Morgan fingerprint density at radius 2 is 1.91 bits per heavy atom. The number of benzene rings is 2. The lowest BCUT2D eigenvalue weighted by Crippen LogP contribution is -2.55. The molecule has 2 aromatic carbocycles. The smallest absolute Gasteiger partial charge is 0.318 e. The lowest BCUT2D eigenvalue weighted by atomic mass is 9.99. The Morgan fingerprint density at radius 3 is 2.68 bits per heavy atom. The standard InChI is InChI=1S/C34H38N8O2/c1-24-7-3-8-25-9-4-11-30(32(24)25)40-18-14-28-29(22-40)37-34(44-23-27-10-6-17-39(27)2)38-33(28)41-19-20-42(26(21-41)13-16-36)31(43)12-5-15-35/h3-5,7-9,11-12,26-27H,6,10,13-14,17-23H2,1-2H3/b12-5-/t26-,27-/m0/s1. The number of amides is 1. The predicted octanol–water partition coefficient (Wildman–Crippen LogP) is 3.98. The fourth-order valence-corrected chi connectivity index (χ4v) is 6.87. The third-order valence-electron chi connectivity index (χ3n) is 9.22. The van der Waals surface area contributed by atoms with E-state index in [1.807, 2.05) is 6.07 Å². The molecule has 3 aliphatic heterocycles. The minimum Gasteiger partial charge on any atom is -0.462 e. The molecule has 0 N–H and O–H groups in total. The van der Waals surface area contributed by atoms with E-state index in [4.69, 9.17) is 20.0 Å². The van der Waals surface area contributed by atoms with Gasteiger partial charge in [-0.25, -0.2) is 0 Å². The van der Waals surface area contributed by atoms with Gasteiger partial charge in [-0.15, -0.1) is 0 Å². The molecule has 10 heteroatoms. The van der Waals surface area contributed by atoms with Crippen LogP contribution in [0.2, 0.25) is 0 Å². The van der Waals surface area contributed by atoms with Crippen LogP contribution in [-0.2, 0) is 17.8 Å². The molecule has 4 heterocycles. The minimum absolute atomic E-state index is 0.196. The van der Waals surface area contributed by atoms with Crippen LogP contribution in [0.1, 0.15) is 36.1 Å². The highest BCUT2D eigenvalue weighted by molar-refractivity contribution is 5.97. The van der Waals surface area contributed by atoms with Crippen molar-refractivity contribution in [1.82, 2.24) is 19.8 Å². The molecule has 0 unspecified atom stereocenters. The summed E-state index contributed by atoms with van der Waals surface area (Å²) in [5, 5.41) is 21.0. The van der Waals surface area contributed by atoms with Gasteiger partial charge in [0.25, 0.3) is 0 Å². The summed E-state index contributed by atoms with van der Waals surface area (Å²) in [4.78, 5) is 31.4. The third-order valence-corrected chi connectivity index (χ3v) is 9.22. The number of aromatic nitrogens is 2. The summed E-state index contributed by atoms with van der Waals surface area (Å²) in [5.41, 5.74) is 4.50. The number of rotatable bonds is 7. The molecule has 2 saturated heterocycles. The second-order valence-corrected chi connectivity index (χ2v) is 11.9. The van der Waals surface area contributed by atoms with Crippen molar-refractivity contribution in [2.45, 2.75) is 51.2 Å². The first-order chi connectivity index (χ1) is 21.5. The number of anilines is 2. The summed E-state index contributed by atoms with van der Waals surface area (Å²) >= 11 is 0. The van der Waals surface area contributed by atoms with E-state index in [0.717, 1.165) is 49.4 Å². The summed E-state index contributed by atoms with van der Waals surface area (Å²) in [6, 6.07) is 17.4. The number of hydrogen-bond acceptors (Lipinski definition) is 9. The summed E-state index contributed by atoms with van der Waals surface area (Å²) < 4.78 is 6.30. The molecule has 2 fully saturated rings. The van der Waals surface area contributed by atoms with Gasteiger partial charge in [-0.1, -0.05) is 30.3 Å². The van der Waals surface area contributed by atoms with Crippen LogP contribution >= 0.6 is 0 Å².